The lowest BCUT2D eigenvalue weighted by Crippen LogP contribution is -2.30. The Labute approximate surface area is 96.6 Å². The highest BCUT2D eigenvalue weighted by Gasteiger charge is 2.52. The van der Waals surface area contributed by atoms with Gasteiger partial charge in [-0.2, -0.15) is 0 Å². The first kappa shape index (κ1) is 11.5. The second kappa shape index (κ2) is 3.48. The Bertz CT molecular complexity index is 504. The lowest BCUT2D eigenvalue weighted by molar-refractivity contribution is 0.562. The molecule has 4 heteroatoms. The van der Waals surface area contributed by atoms with Crippen LogP contribution in [0.3, 0.4) is 0 Å². The molecule has 1 aromatic rings. The van der Waals surface area contributed by atoms with Gasteiger partial charge in [0.2, 0.25) is 0 Å². The predicted molar refractivity (Wildman–Crippen MR) is 66.1 cm³/mol. The van der Waals surface area contributed by atoms with Crippen LogP contribution >= 0.6 is 0 Å². The lowest BCUT2D eigenvalue weighted by atomic mass is 9.92. The van der Waals surface area contributed by atoms with Crippen molar-refractivity contribution in [3.05, 3.63) is 29.8 Å². The van der Waals surface area contributed by atoms with Crippen molar-refractivity contribution in [2.24, 2.45) is 0 Å². The maximum Gasteiger partial charge on any atom is 0.150 e. The number of hydrogen-bond donors (Lipinski definition) is 1. The van der Waals surface area contributed by atoms with Crippen molar-refractivity contribution in [2.75, 3.05) is 12.0 Å². The molecule has 1 aliphatic rings. The van der Waals surface area contributed by atoms with Crippen LogP contribution in [0, 0.1) is 0 Å². The molecule has 1 aliphatic carbocycles. The summed E-state index contributed by atoms with van der Waals surface area (Å²) in [6, 6.07) is 7.59. The molecular formula is C12H17NO2S. The van der Waals surface area contributed by atoms with Gasteiger partial charge in [-0.1, -0.05) is 12.1 Å². The molecule has 0 spiro atoms. The predicted octanol–water partition coefficient (Wildman–Crippen LogP) is 1.73. The summed E-state index contributed by atoms with van der Waals surface area (Å²) in [6.07, 6.45) is 3.18. The van der Waals surface area contributed by atoms with Crippen molar-refractivity contribution in [1.82, 2.24) is 0 Å². The normalized spacial score (nSPS) is 20.4. The molecule has 3 nitrogen and oxygen atoms in total. The van der Waals surface area contributed by atoms with Crippen molar-refractivity contribution in [3.8, 4) is 0 Å². The molecule has 88 valence electrons. The molecule has 1 unspecified atom stereocenters. The number of benzene rings is 1. The first-order chi connectivity index (χ1) is 7.36. The standard InChI is InChI=1S/C12H17NO2S/c1-9(16(2,14)15)12(6-7-12)10-4-3-5-11(13)8-10/h3-5,8-9H,6-7,13H2,1-2H3. The van der Waals surface area contributed by atoms with E-state index in [0.29, 0.717) is 5.69 Å². The molecule has 0 amide bonds. The molecule has 2 N–H and O–H groups in total. The lowest BCUT2D eigenvalue weighted by Gasteiger charge is -2.22. The highest BCUT2D eigenvalue weighted by atomic mass is 32.2. The molecule has 0 aliphatic heterocycles. The fraction of sp³-hybridized carbons (Fsp3) is 0.500. The average Bonchev–Trinajstić information content (AvgIpc) is 2.96. The molecule has 16 heavy (non-hydrogen) atoms. The molecule has 1 saturated carbocycles. The monoisotopic (exact) mass is 239 g/mol. The molecule has 1 aromatic carbocycles. The van der Waals surface area contributed by atoms with Crippen LogP contribution in [0.15, 0.2) is 24.3 Å². The highest BCUT2D eigenvalue weighted by molar-refractivity contribution is 7.91. The summed E-state index contributed by atoms with van der Waals surface area (Å²) in [6.45, 7) is 1.80. The maximum absolute atomic E-state index is 11.6. The SMILES string of the molecule is CC(C1(c2cccc(N)c2)CC1)S(C)(=O)=O. The van der Waals surface area contributed by atoms with Gasteiger partial charge in [-0.25, -0.2) is 8.42 Å². The number of hydrogen-bond acceptors (Lipinski definition) is 3. The van der Waals surface area contributed by atoms with Crippen LogP contribution < -0.4 is 5.73 Å². The fourth-order valence-electron chi connectivity index (χ4n) is 2.32. The van der Waals surface area contributed by atoms with Gasteiger partial charge in [0.1, 0.15) is 0 Å². The summed E-state index contributed by atoms with van der Waals surface area (Å²) in [4.78, 5) is 0. The molecule has 1 atom stereocenters. The van der Waals surface area contributed by atoms with Gasteiger partial charge in [-0.15, -0.1) is 0 Å². The molecule has 1 fully saturated rings. The summed E-state index contributed by atoms with van der Waals surface area (Å²) in [7, 11) is -3.00. The van der Waals surface area contributed by atoms with E-state index in [4.69, 9.17) is 5.73 Å². The number of nitrogen functional groups attached to an aromatic ring is 1. The van der Waals surface area contributed by atoms with Crippen LogP contribution in [0.2, 0.25) is 0 Å². The zero-order valence-corrected chi connectivity index (χ0v) is 10.4. The highest BCUT2D eigenvalue weighted by Crippen LogP contribution is 2.53. The third-order valence-electron chi connectivity index (χ3n) is 3.67. The Balaban J connectivity index is 2.41. The van der Waals surface area contributed by atoms with E-state index in [2.05, 4.69) is 0 Å². The van der Waals surface area contributed by atoms with Gasteiger partial charge in [0, 0.05) is 17.4 Å². The topological polar surface area (TPSA) is 60.2 Å². The Hall–Kier alpha value is -1.03. The van der Waals surface area contributed by atoms with E-state index in [1.165, 1.54) is 6.26 Å². The fourth-order valence-corrected chi connectivity index (χ4v) is 3.51. The van der Waals surface area contributed by atoms with E-state index < -0.39 is 9.84 Å². The van der Waals surface area contributed by atoms with E-state index >= 15 is 0 Å². The Morgan fingerprint density at radius 3 is 2.44 bits per heavy atom. The molecule has 0 aromatic heterocycles. The van der Waals surface area contributed by atoms with Gasteiger partial charge >= 0.3 is 0 Å². The largest absolute Gasteiger partial charge is 0.399 e. The van der Waals surface area contributed by atoms with Gasteiger partial charge in [0.25, 0.3) is 0 Å². The van der Waals surface area contributed by atoms with E-state index in [-0.39, 0.29) is 10.7 Å². The molecule has 0 bridgehead atoms. The summed E-state index contributed by atoms with van der Waals surface area (Å²) >= 11 is 0. The third-order valence-corrected chi connectivity index (χ3v) is 5.41. The summed E-state index contributed by atoms with van der Waals surface area (Å²) < 4.78 is 23.3. The first-order valence-electron chi connectivity index (χ1n) is 5.41. The summed E-state index contributed by atoms with van der Waals surface area (Å²) in [5, 5.41) is -0.332. The zero-order valence-electron chi connectivity index (χ0n) is 9.60. The summed E-state index contributed by atoms with van der Waals surface area (Å²) in [5.74, 6) is 0. The second-order valence-corrected chi connectivity index (χ2v) is 7.12. The van der Waals surface area contributed by atoms with Crippen LogP contribution in [0.25, 0.3) is 0 Å². The van der Waals surface area contributed by atoms with Crippen molar-refractivity contribution >= 4 is 15.5 Å². The van der Waals surface area contributed by atoms with Crippen LogP contribution in [0.4, 0.5) is 5.69 Å². The smallest absolute Gasteiger partial charge is 0.150 e. The van der Waals surface area contributed by atoms with E-state index in [9.17, 15) is 8.42 Å². The minimum absolute atomic E-state index is 0.192. The van der Waals surface area contributed by atoms with E-state index in [0.717, 1.165) is 18.4 Å². The minimum atomic E-state index is -3.00. The molecule has 0 saturated heterocycles. The second-order valence-electron chi connectivity index (χ2n) is 4.75. The molecular weight excluding hydrogens is 222 g/mol. The van der Waals surface area contributed by atoms with Crippen LogP contribution in [0.5, 0.6) is 0 Å². The molecule has 0 heterocycles. The van der Waals surface area contributed by atoms with E-state index in [1.807, 2.05) is 24.3 Å². The third kappa shape index (κ3) is 1.82. The Kier molecular flexibility index (Phi) is 2.49. The van der Waals surface area contributed by atoms with Gasteiger partial charge < -0.3 is 5.73 Å². The Morgan fingerprint density at radius 1 is 1.38 bits per heavy atom. The number of sulfone groups is 1. The molecule has 0 radical (unpaired) electrons. The maximum atomic E-state index is 11.6. The van der Waals surface area contributed by atoms with Crippen LogP contribution in [-0.4, -0.2) is 19.9 Å². The minimum Gasteiger partial charge on any atom is -0.399 e. The van der Waals surface area contributed by atoms with Crippen molar-refractivity contribution in [2.45, 2.75) is 30.4 Å². The van der Waals surface area contributed by atoms with Crippen LogP contribution in [0.1, 0.15) is 25.3 Å². The Morgan fingerprint density at radius 2 is 2.00 bits per heavy atom. The number of rotatable bonds is 3. The van der Waals surface area contributed by atoms with Crippen molar-refractivity contribution in [3.63, 3.8) is 0 Å². The zero-order chi connectivity index (χ0) is 12.0. The average molecular weight is 239 g/mol. The van der Waals surface area contributed by atoms with Gasteiger partial charge in [0.05, 0.1) is 5.25 Å². The van der Waals surface area contributed by atoms with Crippen molar-refractivity contribution < 1.29 is 8.42 Å². The van der Waals surface area contributed by atoms with Gasteiger partial charge in [-0.3, -0.25) is 0 Å². The van der Waals surface area contributed by atoms with Gasteiger partial charge in [-0.05, 0) is 37.5 Å². The van der Waals surface area contributed by atoms with Crippen molar-refractivity contribution in [1.29, 1.82) is 0 Å². The number of nitrogens with two attached hydrogens (primary N) is 1. The van der Waals surface area contributed by atoms with Gasteiger partial charge in [0.15, 0.2) is 9.84 Å². The number of anilines is 1. The van der Waals surface area contributed by atoms with E-state index in [1.54, 1.807) is 6.92 Å². The quantitative estimate of drug-likeness (QED) is 0.817. The summed E-state index contributed by atoms with van der Waals surface area (Å²) in [5.41, 5.74) is 7.31. The molecule has 2 rings (SSSR count). The first-order valence-corrected chi connectivity index (χ1v) is 7.37. The van der Waals surface area contributed by atoms with Crippen LogP contribution in [-0.2, 0) is 15.3 Å².